The molecule has 0 spiro atoms. The van der Waals surface area contributed by atoms with Gasteiger partial charge in [-0.25, -0.2) is 4.79 Å². The highest BCUT2D eigenvalue weighted by Gasteiger charge is 2.39. The van der Waals surface area contributed by atoms with Crippen LogP contribution in [0.4, 0.5) is 0 Å². The van der Waals surface area contributed by atoms with E-state index in [1.165, 1.54) is 33.3 Å². The Morgan fingerprint density at radius 2 is 1.81 bits per heavy atom. The molecule has 2 unspecified atom stereocenters. The van der Waals surface area contributed by atoms with Gasteiger partial charge in [0.25, 0.3) is 0 Å². The number of methoxy groups -OCH3 is 4. The van der Waals surface area contributed by atoms with Gasteiger partial charge in [0.05, 0.1) is 27.4 Å². The Bertz CT molecular complexity index is 661. The number of carboxylic acid groups (broad SMARTS) is 1. The molecule has 8 nitrogen and oxygen atoms in total. The molecule has 2 atom stereocenters. The molecular weight excluding hydrogens is 342 g/mol. The first-order chi connectivity index (χ1) is 12.5. The zero-order valence-corrected chi connectivity index (χ0v) is 15.5. The van der Waals surface area contributed by atoms with Crippen molar-refractivity contribution in [3.63, 3.8) is 0 Å². The highest BCUT2D eigenvalue weighted by Crippen LogP contribution is 2.40. The topological polar surface area (TPSA) is 94.5 Å². The summed E-state index contributed by atoms with van der Waals surface area (Å²) >= 11 is 0. The second-order valence-electron chi connectivity index (χ2n) is 5.99. The van der Waals surface area contributed by atoms with E-state index >= 15 is 0 Å². The Labute approximate surface area is 152 Å². The minimum atomic E-state index is -1.01. The summed E-state index contributed by atoms with van der Waals surface area (Å²) in [5.74, 6) is 0.262. The van der Waals surface area contributed by atoms with E-state index in [1.807, 2.05) is 6.07 Å². The van der Waals surface area contributed by atoms with Gasteiger partial charge in [-0.2, -0.15) is 0 Å². The number of carboxylic acids is 1. The number of aliphatic carboxylic acids is 1. The summed E-state index contributed by atoms with van der Waals surface area (Å²) in [4.78, 5) is 25.4. The SMILES string of the molecule is COc1ccc(CCC(=O)N2CC(OC)CC2C(=O)O)c(OC)c1OC. The fourth-order valence-electron chi connectivity index (χ4n) is 3.22. The van der Waals surface area contributed by atoms with Crippen molar-refractivity contribution in [3.05, 3.63) is 17.7 Å². The minimum absolute atomic E-state index is 0.159. The van der Waals surface area contributed by atoms with E-state index in [0.29, 0.717) is 30.1 Å². The van der Waals surface area contributed by atoms with Gasteiger partial charge in [-0.1, -0.05) is 6.07 Å². The van der Waals surface area contributed by atoms with Crippen LogP contribution < -0.4 is 14.2 Å². The molecule has 0 saturated carbocycles. The van der Waals surface area contributed by atoms with E-state index in [-0.39, 0.29) is 25.0 Å². The zero-order chi connectivity index (χ0) is 19.3. The number of amides is 1. The number of hydrogen-bond donors (Lipinski definition) is 1. The van der Waals surface area contributed by atoms with Gasteiger partial charge in [0.15, 0.2) is 11.5 Å². The van der Waals surface area contributed by atoms with E-state index in [1.54, 1.807) is 6.07 Å². The number of nitrogens with zero attached hydrogens (tertiary/aromatic N) is 1. The fourth-order valence-corrected chi connectivity index (χ4v) is 3.22. The Kier molecular flexibility index (Phi) is 6.68. The quantitative estimate of drug-likeness (QED) is 0.741. The molecule has 0 aliphatic carbocycles. The number of carbonyl (C=O) groups excluding carboxylic acids is 1. The van der Waals surface area contributed by atoms with E-state index in [0.717, 1.165) is 5.56 Å². The van der Waals surface area contributed by atoms with Crippen molar-refractivity contribution in [2.75, 3.05) is 35.0 Å². The number of likely N-dealkylation sites (tertiary alicyclic amines) is 1. The van der Waals surface area contributed by atoms with Crippen LogP contribution in [0.15, 0.2) is 12.1 Å². The molecule has 1 aliphatic rings. The largest absolute Gasteiger partial charge is 0.493 e. The van der Waals surface area contributed by atoms with Crippen LogP contribution >= 0.6 is 0 Å². The Balaban J connectivity index is 2.13. The number of aryl methyl sites for hydroxylation is 1. The van der Waals surface area contributed by atoms with Gasteiger partial charge in [-0.05, 0) is 18.1 Å². The molecule has 1 amide bonds. The maximum absolute atomic E-state index is 12.6. The highest BCUT2D eigenvalue weighted by atomic mass is 16.5. The Morgan fingerprint density at radius 1 is 1.12 bits per heavy atom. The first-order valence-corrected chi connectivity index (χ1v) is 8.29. The average Bonchev–Trinajstić information content (AvgIpc) is 3.10. The standard InChI is InChI=1S/C18H25NO7/c1-23-12-9-13(18(21)22)19(10-12)15(20)8-6-11-5-7-14(24-2)17(26-4)16(11)25-3/h5,7,12-13H,6,8-10H2,1-4H3,(H,21,22). The summed E-state index contributed by atoms with van der Waals surface area (Å²) in [7, 11) is 6.09. The molecule has 1 heterocycles. The van der Waals surface area contributed by atoms with Crippen molar-refractivity contribution in [2.45, 2.75) is 31.4 Å². The number of rotatable bonds is 8. The molecule has 2 rings (SSSR count). The molecule has 1 N–H and O–H groups in total. The van der Waals surface area contributed by atoms with Crippen LogP contribution in [0, 0.1) is 0 Å². The fraction of sp³-hybridized carbons (Fsp3) is 0.556. The molecule has 8 heteroatoms. The van der Waals surface area contributed by atoms with Gasteiger partial charge in [0, 0.05) is 26.5 Å². The predicted octanol–water partition coefficient (Wildman–Crippen LogP) is 1.35. The molecule has 26 heavy (non-hydrogen) atoms. The first-order valence-electron chi connectivity index (χ1n) is 8.29. The third kappa shape index (κ3) is 4.01. The van der Waals surface area contributed by atoms with E-state index in [9.17, 15) is 14.7 Å². The molecule has 1 fully saturated rings. The Morgan fingerprint density at radius 3 is 2.35 bits per heavy atom. The lowest BCUT2D eigenvalue weighted by Crippen LogP contribution is -2.40. The lowest BCUT2D eigenvalue weighted by molar-refractivity contribution is -0.148. The molecule has 1 aliphatic heterocycles. The van der Waals surface area contributed by atoms with Crippen LogP contribution in [-0.2, 0) is 20.7 Å². The highest BCUT2D eigenvalue weighted by molar-refractivity contribution is 5.84. The molecule has 0 radical (unpaired) electrons. The maximum Gasteiger partial charge on any atom is 0.326 e. The third-order valence-electron chi connectivity index (χ3n) is 4.60. The van der Waals surface area contributed by atoms with Gasteiger partial charge in [0.2, 0.25) is 11.7 Å². The van der Waals surface area contributed by atoms with Crippen molar-refractivity contribution in [3.8, 4) is 17.2 Å². The molecule has 0 aromatic heterocycles. The molecule has 1 aromatic rings. The van der Waals surface area contributed by atoms with Crippen LogP contribution in [-0.4, -0.2) is 69.0 Å². The number of ether oxygens (including phenoxy) is 4. The second kappa shape index (κ2) is 8.75. The smallest absolute Gasteiger partial charge is 0.326 e. The summed E-state index contributed by atoms with van der Waals surface area (Å²) in [6.45, 7) is 0.287. The average molecular weight is 367 g/mol. The third-order valence-corrected chi connectivity index (χ3v) is 4.60. The van der Waals surface area contributed by atoms with E-state index < -0.39 is 12.0 Å². The summed E-state index contributed by atoms with van der Waals surface area (Å²) < 4.78 is 21.2. The second-order valence-corrected chi connectivity index (χ2v) is 5.99. The summed E-state index contributed by atoms with van der Waals surface area (Å²) in [6.07, 6.45) is 0.599. The van der Waals surface area contributed by atoms with Crippen LogP contribution in [0.2, 0.25) is 0 Å². The van der Waals surface area contributed by atoms with Crippen LogP contribution in [0.5, 0.6) is 17.2 Å². The van der Waals surface area contributed by atoms with E-state index in [4.69, 9.17) is 18.9 Å². The normalized spacial score (nSPS) is 19.3. The lowest BCUT2D eigenvalue weighted by Gasteiger charge is -2.22. The van der Waals surface area contributed by atoms with Crippen LogP contribution in [0.25, 0.3) is 0 Å². The first kappa shape index (κ1) is 19.8. The summed E-state index contributed by atoms with van der Waals surface area (Å²) in [5.41, 5.74) is 0.785. The molecule has 144 valence electrons. The minimum Gasteiger partial charge on any atom is -0.493 e. The Hall–Kier alpha value is -2.48. The molecule has 0 bridgehead atoms. The number of carbonyl (C=O) groups is 2. The zero-order valence-electron chi connectivity index (χ0n) is 15.5. The van der Waals surface area contributed by atoms with Gasteiger partial charge in [-0.3, -0.25) is 4.79 Å². The van der Waals surface area contributed by atoms with Crippen molar-refractivity contribution in [1.82, 2.24) is 4.90 Å². The van der Waals surface area contributed by atoms with Crippen molar-refractivity contribution >= 4 is 11.9 Å². The van der Waals surface area contributed by atoms with Gasteiger partial charge in [-0.15, -0.1) is 0 Å². The van der Waals surface area contributed by atoms with Gasteiger partial charge < -0.3 is 29.0 Å². The monoisotopic (exact) mass is 367 g/mol. The van der Waals surface area contributed by atoms with Crippen molar-refractivity contribution < 1.29 is 33.6 Å². The summed E-state index contributed by atoms with van der Waals surface area (Å²) in [5, 5.41) is 9.34. The van der Waals surface area contributed by atoms with Crippen molar-refractivity contribution in [1.29, 1.82) is 0 Å². The maximum atomic E-state index is 12.6. The van der Waals surface area contributed by atoms with Gasteiger partial charge >= 0.3 is 5.97 Å². The number of hydrogen-bond acceptors (Lipinski definition) is 6. The van der Waals surface area contributed by atoms with Crippen LogP contribution in [0.3, 0.4) is 0 Å². The number of benzene rings is 1. The van der Waals surface area contributed by atoms with Crippen LogP contribution in [0.1, 0.15) is 18.4 Å². The van der Waals surface area contributed by atoms with Crippen molar-refractivity contribution in [2.24, 2.45) is 0 Å². The lowest BCUT2D eigenvalue weighted by atomic mass is 10.1. The molecular formula is C18H25NO7. The van der Waals surface area contributed by atoms with E-state index in [2.05, 4.69) is 0 Å². The summed E-state index contributed by atoms with van der Waals surface area (Å²) in [6, 6.07) is 2.71. The molecule has 1 saturated heterocycles. The van der Waals surface area contributed by atoms with Gasteiger partial charge in [0.1, 0.15) is 6.04 Å². The predicted molar refractivity (Wildman–Crippen MR) is 93.0 cm³/mol. The molecule has 1 aromatic carbocycles.